The van der Waals surface area contributed by atoms with E-state index in [1.165, 1.54) is 16.8 Å². The van der Waals surface area contributed by atoms with Gasteiger partial charge in [0.15, 0.2) is 5.69 Å². The summed E-state index contributed by atoms with van der Waals surface area (Å²) in [6.07, 6.45) is 8.42. The molecular weight excluding hydrogens is 296 g/mol. The van der Waals surface area contributed by atoms with E-state index >= 15 is 0 Å². The Balaban J connectivity index is 1.54. The fourth-order valence-electron chi connectivity index (χ4n) is 2.39. The third-order valence-corrected chi connectivity index (χ3v) is 3.55. The first-order valence-electron chi connectivity index (χ1n) is 6.96. The Morgan fingerprint density at radius 1 is 1.35 bits per heavy atom. The zero-order valence-corrected chi connectivity index (χ0v) is 11.9. The highest BCUT2D eigenvalue weighted by Gasteiger charge is 2.12. The van der Waals surface area contributed by atoms with Crippen molar-refractivity contribution in [1.82, 2.24) is 29.3 Å². The van der Waals surface area contributed by atoms with Crippen LogP contribution in [0, 0.1) is 0 Å². The zero-order chi connectivity index (χ0) is 15.8. The van der Waals surface area contributed by atoms with Crippen LogP contribution in [0.2, 0.25) is 0 Å². The van der Waals surface area contributed by atoms with Crippen molar-refractivity contribution in [1.29, 1.82) is 0 Å². The molecule has 0 atom stereocenters. The molecule has 114 valence electrons. The second-order valence-corrected chi connectivity index (χ2v) is 5.09. The topological polar surface area (TPSA) is 96.6 Å². The quantitative estimate of drug-likeness (QED) is 0.579. The Bertz CT molecular complexity index is 1070. The molecule has 4 rings (SSSR count). The molecule has 0 spiro atoms. The number of nitrogens with zero attached hydrogens (tertiary/aromatic N) is 4. The Hall–Kier alpha value is -3.42. The molecule has 0 saturated heterocycles. The molecule has 0 fully saturated rings. The molecular formula is C15H12N6O2. The van der Waals surface area contributed by atoms with Crippen molar-refractivity contribution in [2.24, 2.45) is 0 Å². The van der Waals surface area contributed by atoms with Crippen molar-refractivity contribution in [3.8, 4) is 0 Å². The average molecular weight is 308 g/mol. The molecule has 0 aliphatic rings. The number of carbonyl (C=O) groups is 1. The van der Waals surface area contributed by atoms with E-state index in [-0.39, 0.29) is 17.2 Å². The first kappa shape index (κ1) is 13.3. The van der Waals surface area contributed by atoms with Gasteiger partial charge in [0.25, 0.3) is 11.5 Å². The van der Waals surface area contributed by atoms with Crippen molar-refractivity contribution in [3.05, 3.63) is 70.9 Å². The molecule has 8 nitrogen and oxygen atoms in total. The smallest absolute Gasteiger partial charge is 0.273 e. The van der Waals surface area contributed by atoms with Gasteiger partial charge in [0.2, 0.25) is 0 Å². The van der Waals surface area contributed by atoms with E-state index in [0.717, 1.165) is 11.1 Å². The summed E-state index contributed by atoms with van der Waals surface area (Å²) in [6, 6.07) is 5.32. The molecule has 0 radical (unpaired) electrons. The van der Waals surface area contributed by atoms with Gasteiger partial charge >= 0.3 is 0 Å². The number of imidazole rings is 1. The van der Waals surface area contributed by atoms with Gasteiger partial charge in [0.1, 0.15) is 5.52 Å². The lowest BCUT2D eigenvalue weighted by Gasteiger charge is -2.04. The molecule has 2 N–H and O–H groups in total. The van der Waals surface area contributed by atoms with Crippen LogP contribution in [0.4, 0.5) is 0 Å². The van der Waals surface area contributed by atoms with Crippen molar-refractivity contribution >= 4 is 16.9 Å². The predicted octanol–water partition coefficient (Wildman–Crippen LogP) is 0.600. The monoisotopic (exact) mass is 308 g/mol. The Labute approximate surface area is 129 Å². The minimum atomic E-state index is -0.334. The van der Waals surface area contributed by atoms with Gasteiger partial charge < -0.3 is 14.7 Å². The zero-order valence-electron chi connectivity index (χ0n) is 11.9. The molecule has 23 heavy (non-hydrogen) atoms. The van der Waals surface area contributed by atoms with E-state index < -0.39 is 0 Å². The van der Waals surface area contributed by atoms with Crippen molar-refractivity contribution in [2.45, 2.75) is 6.54 Å². The highest BCUT2D eigenvalue weighted by atomic mass is 16.2. The first-order valence-corrected chi connectivity index (χ1v) is 6.96. The van der Waals surface area contributed by atoms with Crippen LogP contribution in [0.25, 0.3) is 11.0 Å². The SMILES string of the molecule is O=C(NCc1ccc2cncn2c1)c1cc2c(=O)[nH]ccn2n1. The normalized spacial score (nSPS) is 11.1. The van der Waals surface area contributed by atoms with E-state index in [2.05, 4.69) is 20.4 Å². The first-order chi connectivity index (χ1) is 11.2. The summed E-state index contributed by atoms with van der Waals surface area (Å²) in [5.74, 6) is -0.334. The number of carbonyl (C=O) groups excluding carboxylic acids is 1. The summed E-state index contributed by atoms with van der Waals surface area (Å²) in [5, 5.41) is 6.89. The second-order valence-electron chi connectivity index (χ2n) is 5.09. The summed E-state index contributed by atoms with van der Waals surface area (Å²) in [6.45, 7) is 0.358. The fraction of sp³-hybridized carbons (Fsp3) is 0.0667. The van der Waals surface area contributed by atoms with Crippen LogP contribution < -0.4 is 10.9 Å². The molecule has 0 aliphatic carbocycles. The number of nitrogens with one attached hydrogen (secondary N) is 2. The summed E-state index contributed by atoms with van der Waals surface area (Å²) >= 11 is 0. The van der Waals surface area contributed by atoms with Crippen molar-refractivity contribution in [2.75, 3.05) is 0 Å². The third-order valence-electron chi connectivity index (χ3n) is 3.55. The second kappa shape index (κ2) is 5.09. The molecule has 4 aromatic heterocycles. The molecule has 1 amide bonds. The van der Waals surface area contributed by atoms with E-state index in [1.54, 1.807) is 18.7 Å². The Morgan fingerprint density at radius 2 is 2.26 bits per heavy atom. The number of rotatable bonds is 3. The van der Waals surface area contributed by atoms with Crippen LogP contribution in [-0.2, 0) is 6.54 Å². The molecule has 8 heteroatoms. The number of aromatic amines is 1. The van der Waals surface area contributed by atoms with Crippen molar-refractivity contribution < 1.29 is 4.79 Å². The van der Waals surface area contributed by atoms with E-state index in [1.807, 2.05) is 22.7 Å². The minimum Gasteiger partial charge on any atom is -0.347 e. The number of fused-ring (bicyclic) bond motifs is 2. The number of aromatic nitrogens is 5. The van der Waals surface area contributed by atoms with E-state index in [0.29, 0.717) is 12.1 Å². The van der Waals surface area contributed by atoms with Crippen LogP contribution in [0.15, 0.2) is 54.1 Å². The lowest BCUT2D eigenvalue weighted by atomic mass is 10.2. The summed E-state index contributed by atoms with van der Waals surface area (Å²) in [5.41, 5.74) is 2.16. The highest BCUT2D eigenvalue weighted by molar-refractivity contribution is 5.93. The third kappa shape index (κ3) is 2.35. The minimum absolute atomic E-state index is 0.199. The van der Waals surface area contributed by atoms with Gasteiger partial charge in [-0.2, -0.15) is 5.10 Å². The van der Waals surface area contributed by atoms with Gasteiger partial charge in [-0.1, -0.05) is 6.07 Å². The molecule has 0 aliphatic heterocycles. The van der Waals surface area contributed by atoms with Gasteiger partial charge in [0, 0.05) is 31.2 Å². The van der Waals surface area contributed by atoms with Crippen LogP contribution in [0.3, 0.4) is 0 Å². The summed E-state index contributed by atoms with van der Waals surface area (Å²) in [7, 11) is 0. The Kier molecular flexibility index (Phi) is 2.94. The number of H-pyrrole nitrogens is 1. The molecule has 4 heterocycles. The van der Waals surface area contributed by atoms with Gasteiger partial charge in [-0.25, -0.2) is 9.50 Å². The largest absolute Gasteiger partial charge is 0.347 e. The van der Waals surface area contributed by atoms with Crippen LogP contribution in [-0.4, -0.2) is 29.9 Å². The lowest BCUT2D eigenvalue weighted by Crippen LogP contribution is -2.23. The number of amides is 1. The maximum absolute atomic E-state index is 12.2. The van der Waals surface area contributed by atoms with Crippen LogP contribution in [0.5, 0.6) is 0 Å². The van der Waals surface area contributed by atoms with Crippen LogP contribution >= 0.6 is 0 Å². The van der Waals surface area contributed by atoms with Gasteiger partial charge in [-0.05, 0) is 11.6 Å². The van der Waals surface area contributed by atoms with Gasteiger partial charge in [-0.3, -0.25) is 9.59 Å². The molecule has 0 bridgehead atoms. The molecule has 0 aromatic carbocycles. The average Bonchev–Trinajstić information content (AvgIpc) is 3.19. The maximum atomic E-state index is 12.2. The predicted molar refractivity (Wildman–Crippen MR) is 82.2 cm³/mol. The number of hydrogen-bond acceptors (Lipinski definition) is 4. The van der Waals surface area contributed by atoms with Crippen molar-refractivity contribution in [3.63, 3.8) is 0 Å². The highest BCUT2D eigenvalue weighted by Crippen LogP contribution is 2.06. The summed E-state index contributed by atoms with van der Waals surface area (Å²) < 4.78 is 3.26. The molecule has 0 unspecified atom stereocenters. The lowest BCUT2D eigenvalue weighted by molar-refractivity contribution is 0.0945. The van der Waals surface area contributed by atoms with Gasteiger partial charge in [-0.15, -0.1) is 0 Å². The van der Waals surface area contributed by atoms with E-state index in [4.69, 9.17) is 0 Å². The molecule has 0 saturated carbocycles. The number of hydrogen-bond donors (Lipinski definition) is 2. The van der Waals surface area contributed by atoms with E-state index in [9.17, 15) is 9.59 Å². The number of pyridine rings is 1. The summed E-state index contributed by atoms with van der Waals surface area (Å²) in [4.78, 5) is 30.4. The fourth-order valence-corrected chi connectivity index (χ4v) is 2.39. The maximum Gasteiger partial charge on any atom is 0.273 e. The Morgan fingerprint density at radius 3 is 3.13 bits per heavy atom. The molecule has 4 aromatic rings. The van der Waals surface area contributed by atoms with Gasteiger partial charge in [0.05, 0.1) is 18.0 Å². The standard InChI is InChI=1S/C15H12N6O2/c22-14(12-5-13-15(23)17-3-4-21(13)19-12)18-6-10-1-2-11-7-16-9-20(11)8-10/h1-5,7-9H,6H2,(H,17,23)(H,18,22). The van der Waals surface area contributed by atoms with Crippen LogP contribution in [0.1, 0.15) is 16.1 Å².